The van der Waals surface area contributed by atoms with Crippen LogP contribution >= 0.6 is 11.6 Å². The van der Waals surface area contributed by atoms with Crippen molar-refractivity contribution in [1.29, 1.82) is 0 Å². The van der Waals surface area contributed by atoms with E-state index in [1.165, 1.54) is 0 Å². The maximum atomic E-state index is 12.4. The monoisotopic (exact) mass is 512 g/mol. The van der Waals surface area contributed by atoms with Gasteiger partial charge in [-0.25, -0.2) is 4.79 Å². The Kier molecular flexibility index (Phi) is 8.72. The second kappa shape index (κ2) is 12.1. The molecule has 8 nitrogen and oxygen atoms in total. The Morgan fingerprint density at radius 2 is 1.89 bits per heavy atom. The third-order valence-electron chi connectivity index (χ3n) is 5.82. The Balaban J connectivity index is 1.32. The summed E-state index contributed by atoms with van der Waals surface area (Å²) in [5.74, 6) is 1.41. The number of aromatic nitrogens is 2. The van der Waals surface area contributed by atoms with Crippen LogP contribution in [0.15, 0.2) is 48.5 Å². The average Bonchev–Trinajstić information content (AvgIpc) is 3.21. The SMILES string of the molecule is Cc1cc(OC(=O)NCc2ccc(N3CCOCC3)cc2)nn1Cc1cc(Cl)ccc1OCC(C)C. The standard InChI is InChI=1S/C27H33ClN4O4/c1-19(2)18-35-25-9-6-23(28)15-22(25)17-32-20(3)14-26(30-32)36-27(33)29-16-21-4-7-24(8-5-21)31-10-12-34-13-11-31/h4-9,14-15,19H,10-13,16-18H2,1-3H3,(H,29,33). The van der Waals surface area contributed by atoms with Crippen molar-refractivity contribution in [3.8, 4) is 11.6 Å². The molecule has 0 atom stereocenters. The fourth-order valence-corrected chi connectivity index (χ4v) is 4.07. The summed E-state index contributed by atoms with van der Waals surface area (Å²) in [5.41, 5.74) is 3.90. The quantitative estimate of drug-likeness (QED) is 0.432. The summed E-state index contributed by atoms with van der Waals surface area (Å²) in [6.07, 6.45) is -0.555. The number of hydrogen-bond acceptors (Lipinski definition) is 6. The second-order valence-electron chi connectivity index (χ2n) is 9.25. The number of ether oxygens (including phenoxy) is 3. The molecule has 1 fully saturated rings. The summed E-state index contributed by atoms with van der Waals surface area (Å²) >= 11 is 6.22. The van der Waals surface area contributed by atoms with Gasteiger partial charge in [-0.2, -0.15) is 0 Å². The molecule has 0 spiro atoms. The summed E-state index contributed by atoms with van der Waals surface area (Å²) in [6.45, 7) is 10.8. The molecule has 0 radical (unpaired) electrons. The number of amides is 1. The largest absolute Gasteiger partial charge is 0.493 e. The molecule has 2 aromatic carbocycles. The molecule has 0 bridgehead atoms. The number of nitrogens with one attached hydrogen (secondary N) is 1. The molecule has 0 aliphatic carbocycles. The van der Waals surface area contributed by atoms with Crippen molar-refractivity contribution in [3.63, 3.8) is 0 Å². The number of aryl methyl sites for hydroxylation is 1. The van der Waals surface area contributed by atoms with Crippen LogP contribution in [0.1, 0.15) is 30.7 Å². The molecule has 3 aromatic rings. The van der Waals surface area contributed by atoms with Crippen LogP contribution in [0.5, 0.6) is 11.6 Å². The number of rotatable bonds is 9. The van der Waals surface area contributed by atoms with Crippen molar-refractivity contribution in [2.45, 2.75) is 33.9 Å². The van der Waals surface area contributed by atoms with Gasteiger partial charge in [0.25, 0.3) is 0 Å². The van der Waals surface area contributed by atoms with Crippen LogP contribution in [0.3, 0.4) is 0 Å². The van der Waals surface area contributed by atoms with Gasteiger partial charge in [-0.1, -0.05) is 37.6 Å². The van der Waals surface area contributed by atoms with Gasteiger partial charge in [-0.15, -0.1) is 5.10 Å². The Morgan fingerprint density at radius 1 is 1.14 bits per heavy atom. The van der Waals surface area contributed by atoms with Gasteiger partial charge in [-0.3, -0.25) is 4.68 Å². The number of morpholine rings is 1. The van der Waals surface area contributed by atoms with Gasteiger partial charge in [0.1, 0.15) is 5.75 Å². The minimum atomic E-state index is -0.555. The van der Waals surface area contributed by atoms with Crippen molar-refractivity contribution in [3.05, 3.63) is 70.4 Å². The fraction of sp³-hybridized carbons (Fsp3) is 0.407. The molecule has 4 rings (SSSR count). The van der Waals surface area contributed by atoms with Gasteiger partial charge in [-0.05, 0) is 48.7 Å². The molecular weight excluding hydrogens is 480 g/mol. The van der Waals surface area contributed by atoms with E-state index < -0.39 is 6.09 Å². The van der Waals surface area contributed by atoms with Crippen LogP contribution in [0.4, 0.5) is 10.5 Å². The average molecular weight is 513 g/mol. The summed E-state index contributed by atoms with van der Waals surface area (Å²) < 4.78 is 18.5. The number of nitrogens with zero attached hydrogens (tertiary/aromatic N) is 3. The molecule has 1 aliphatic heterocycles. The van der Waals surface area contributed by atoms with Crippen LogP contribution in [0.25, 0.3) is 0 Å². The van der Waals surface area contributed by atoms with E-state index in [4.69, 9.17) is 25.8 Å². The fourth-order valence-electron chi connectivity index (χ4n) is 3.87. The first-order chi connectivity index (χ1) is 17.4. The lowest BCUT2D eigenvalue weighted by Crippen LogP contribution is -2.36. The first kappa shape index (κ1) is 25.9. The van der Waals surface area contributed by atoms with Gasteiger partial charge in [0, 0.05) is 47.7 Å². The van der Waals surface area contributed by atoms with Crippen molar-refractivity contribution in [2.24, 2.45) is 5.92 Å². The molecule has 192 valence electrons. The van der Waals surface area contributed by atoms with Gasteiger partial charge in [0.15, 0.2) is 0 Å². The van der Waals surface area contributed by atoms with Gasteiger partial charge in [0.2, 0.25) is 5.88 Å². The number of halogens is 1. The van der Waals surface area contributed by atoms with E-state index in [0.717, 1.165) is 54.6 Å². The highest BCUT2D eigenvalue weighted by Gasteiger charge is 2.14. The Labute approximate surface area is 217 Å². The predicted octanol–water partition coefficient (Wildman–Crippen LogP) is 5.05. The van der Waals surface area contributed by atoms with Gasteiger partial charge < -0.3 is 24.4 Å². The molecular formula is C27H33ClN4O4. The zero-order valence-corrected chi connectivity index (χ0v) is 21.8. The van der Waals surface area contributed by atoms with Gasteiger partial charge >= 0.3 is 6.09 Å². The zero-order valence-electron chi connectivity index (χ0n) is 21.0. The minimum absolute atomic E-state index is 0.236. The molecule has 9 heteroatoms. The number of anilines is 1. The van der Waals surface area contributed by atoms with Crippen molar-refractivity contribution < 1.29 is 19.0 Å². The van der Waals surface area contributed by atoms with Crippen LogP contribution < -0.4 is 19.7 Å². The van der Waals surface area contributed by atoms with E-state index in [2.05, 4.69) is 41.3 Å². The third kappa shape index (κ3) is 7.15. The van der Waals surface area contributed by atoms with E-state index in [9.17, 15) is 4.79 Å². The molecule has 1 N–H and O–H groups in total. The molecule has 1 aliphatic rings. The van der Waals surface area contributed by atoms with Crippen LogP contribution in [-0.2, 0) is 17.8 Å². The number of hydrogen-bond donors (Lipinski definition) is 1. The topological polar surface area (TPSA) is 77.9 Å². The lowest BCUT2D eigenvalue weighted by molar-refractivity contribution is 0.122. The van der Waals surface area contributed by atoms with E-state index in [1.54, 1.807) is 10.7 Å². The number of benzene rings is 2. The molecule has 1 amide bonds. The Bertz CT molecular complexity index is 1160. The molecule has 0 saturated carbocycles. The smallest absolute Gasteiger partial charge is 0.414 e. The van der Waals surface area contributed by atoms with Crippen molar-refractivity contribution in [1.82, 2.24) is 15.1 Å². The highest BCUT2D eigenvalue weighted by atomic mass is 35.5. The van der Waals surface area contributed by atoms with Crippen LogP contribution in [-0.4, -0.2) is 48.8 Å². The summed E-state index contributed by atoms with van der Waals surface area (Å²) in [7, 11) is 0. The maximum absolute atomic E-state index is 12.4. The van der Waals surface area contributed by atoms with E-state index in [0.29, 0.717) is 30.6 Å². The molecule has 1 aromatic heterocycles. The zero-order chi connectivity index (χ0) is 25.5. The normalized spacial score (nSPS) is 13.6. The lowest BCUT2D eigenvalue weighted by atomic mass is 10.2. The third-order valence-corrected chi connectivity index (χ3v) is 6.06. The Hall–Kier alpha value is -3.23. The minimum Gasteiger partial charge on any atom is -0.493 e. The van der Waals surface area contributed by atoms with Crippen molar-refractivity contribution in [2.75, 3.05) is 37.8 Å². The van der Waals surface area contributed by atoms with Crippen LogP contribution in [0, 0.1) is 12.8 Å². The first-order valence-corrected chi connectivity index (χ1v) is 12.6. The predicted molar refractivity (Wildman–Crippen MR) is 140 cm³/mol. The Morgan fingerprint density at radius 3 is 2.61 bits per heavy atom. The van der Waals surface area contributed by atoms with E-state index in [1.807, 2.05) is 37.3 Å². The first-order valence-electron chi connectivity index (χ1n) is 12.2. The molecule has 0 unspecified atom stereocenters. The summed E-state index contributed by atoms with van der Waals surface area (Å²) in [4.78, 5) is 14.7. The van der Waals surface area contributed by atoms with E-state index >= 15 is 0 Å². The lowest BCUT2D eigenvalue weighted by Gasteiger charge is -2.28. The summed E-state index contributed by atoms with van der Waals surface area (Å²) in [6, 6.07) is 15.4. The highest BCUT2D eigenvalue weighted by molar-refractivity contribution is 6.30. The molecule has 2 heterocycles. The molecule has 1 saturated heterocycles. The van der Waals surface area contributed by atoms with Gasteiger partial charge in [0.05, 0.1) is 26.4 Å². The number of carbonyl (C=O) groups is 1. The second-order valence-corrected chi connectivity index (χ2v) is 9.68. The highest BCUT2D eigenvalue weighted by Crippen LogP contribution is 2.25. The van der Waals surface area contributed by atoms with Crippen molar-refractivity contribution >= 4 is 23.4 Å². The summed E-state index contributed by atoms with van der Waals surface area (Å²) in [5, 5.41) is 7.86. The number of carbonyl (C=O) groups excluding carboxylic acids is 1. The maximum Gasteiger partial charge on any atom is 0.414 e. The van der Waals surface area contributed by atoms with Crippen LogP contribution in [0.2, 0.25) is 5.02 Å². The van der Waals surface area contributed by atoms with E-state index in [-0.39, 0.29) is 5.88 Å². The molecule has 36 heavy (non-hydrogen) atoms.